The van der Waals surface area contributed by atoms with E-state index in [0.717, 1.165) is 23.3 Å². The molecule has 0 saturated carbocycles. The largest absolute Gasteiger partial charge is 0.376 e. The second-order valence-corrected chi connectivity index (χ2v) is 8.30. The molecule has 3 heterocycles. The molecule has 0 spiro atoms. The van der Waals surface area contributed by atoms with Crippen molar-refractivity contribution in [1.29, 1.82) is 0 Å². The van der Waals surface area contributed by atoms with Crippen LogP contribution in [0.1, 0.15) is 54.4 Å². The molecule has 1 aromatic carbocycles. The Morgan fingerprint density at radius 2 is 2.04 bits per heavy atom. The van der Waals surface area contributed by atoms with Crippen LogP contribution in [-0.4, -0.2) is 53.8 Å². The van der Waals surface area contributed by atoms with Gasteiger partial charge in [-0.15, -0.1) is 11.3 Å². The molecule has 0 N–H and O–H groups in total. The molecule has 28 heavy (non-hydrogen) atoms. The second-order valence-electron chi connectivity index (χ2n) is 7.30. The number of ether oxygens (including phenoxy) is 1. The fraction of sp³-hybridized carbons (Fsp3) is 0.381. The summed E-state index contributed by atoms with van der Waals surface area (Å²) in [5, 5.41) is 2.01. The number of carbonyl (C=O) groups is 3. The lowest BCUT2D eigenvalue weighted by molar-refractivity contribution is 0.0475. The van der Waals surface area contributed by atoms with Gasteiger partial charge in [-0.2, -0.15) is 0 Å². The number of amides is 3. The standard InChI is InChI=1S/C21H22N2O4S/c1-13-7-9-28-18(13)12-22(2)19(24)14-5-6-16-17(10-14)21(26)23(20(16)25)11-15-4-3-8-27-15/h5-7,9-10,15H,3-4,8,11-12H2,1-2H3. The van der Waals surface area contributed by atoms with Crippen molar-refractivity contribution < 1.29 is 19.1 Å². The van der Waals surface area contributed by atoms with Crippen LogP contribution in [0.3, 0.4) is 0 Å². The summed E-state index contributed by atoms with van der Waals surface area (Å²) in [6.07, 6.45) is 1.70. The van der Waals surface area contributed by atoms with Crippen molar-refractivity contribution in [2.45, 2.75) is 32.4 Å². The Kier molecular flexibility index (Phi) is 5.03. The van der Waals surface area contributed by atoms with Gasteiger partial charge < -0.3 is 9.64 Å². The van der Waals surface area contributed by atoms with Gasteiger partial charge in [0, 0.05) is 24.1 Å². The van der Waals surface area contributed by atoms with Crippen LogP contribution in [0.15, 0.2) is 29.6 Å². The highest BCUT2D eigenvalue weighted by molar-refractivity contribution is 7.10. The van der Waals surface area contributed by atoms with Gasteiger partial charge in [-0.3, -0.25) is 19.3 Å². The van der Waals surface area contributed by atoms with Gasteiger partial charge in [0.25, 0.3) is 17.7 Å². The van der Waals surface area contributed by atoms with Crippen LogP contribution in [-0.2, 0) is 11.3 Å². The summed E-state index contributed by atoms with van der Waals surface area (Å²) >= 11 is 1.62. The van der Waals surface area contributed by atoms with Crippen LogP contribution >= 0.6 is 11.3 Å². The normalized spacial score (nSPS) is 18.6. The minimum Gasteiger partial charge on any atom is -0.376 e. The Labute approximate surface area is 167 Å². The van der Waals surface area contributed by atoms with Crippen LogP contribution in [0.4, 0.5) is 0 Å². The Bertz CT molecular complexity index is 946. The maximum Gasteiger partial charge on any atom is 0.261 e. The fourth-order valence-electron chi connectivity index (χ4n) is 3.66. The van der Waals surface area contributed by atoms with E-state index in [1.165, 1.54) is 4.90 Å². The van der Waals surface area contributed by atoms with Crippen LogP contribution < -0.4 is 0 Å². The number of nitrogens with zero attached hydrogens (tertiary/aromatic N) is 2. The Hall–Kier alpha value is -2.51. The lowest BCUT2D eigenvalue weighted by Gasteiger charge is -2.18. The first-order valence-electron chi connectivity index (χ1n) is 9.36. The average Bonchev–Trinajstić information content (AvgIpc) is 3.40. The first-order chi connectivity index (χ1) is 13.5. The van der Waals surface area contributed by atoms with Crippen LogP contribution in [0.5, 0.6) is 0 Å². The predicted molar refractivity (Wildman–Crippen MR) is 106 cm³/mol. The number of hydrogen-bond acceptors (Lipinski definition) is 5. The van der Waals surface area contributed by atoms with Crippen molar-refractivity contribution in [3.63, 3.8) is 0 Å². The van der Waals surface area contributed by atoms with Crippen LogP contribution in [0, 0.1) is 6.92 Å². The minimum absolute atomic E-state index is 0.0940. The van der Waals surface area contributed by atoms with Gasteiger partial charge in [-0.05, 0) is 55.0 Å². The van der Waals surface area contributed by atoms with Gasteiger partial charge in [0.1, 0.15) is 0 Å². The summed E-state index contributed by atoms with van der Waals surface area (Å²) in [6, 6.07) is 6.79. The lowest BCUT2D eigenvalue weighted by Crippen LogP contribution is -2.36. The van der Waals surface area contributed by atoms with Gasteiger partial charge in [0.2, 0.25) is 0 Å². The number of imide groups is 1. The quantitative estimate of drug-likeness (QED) is 0.726. The SMILES string of the molecule is Cc1ccsc1CN(C)C(=O)c1ccc2c(c1)C(=O)N(CC1CCCO1)C2=O. The van der Waals surface area contributed by atoms with E-state index in [9.17, 15) is 14.4 Å². The molecular formula is C21H22N2O4S. The van der Waals surface area contributed by atoms with E-state index in [2.05, 4.69) is 0 Å². The summed E-state index contributed by atoms with van der Waals surface area (Å²) in [6.45, 7) is 3.47. The number of rotatable bonds is 5. The number of fused-ring (bicyclic) bond motifs is 1. The van der Waals surface area contributed by atoms with Crippen molar-refractivity contribution in [2.24, 2.45) is 0 Å². The summed E-state index contributed by atoms with van der Waals surface area (Å²) in [7, 11) is 1.74. The topological polar surface area (TPSA) is 66.9 Å². The number of aryl methyl sites for hydroxylation is 1. The van der Waals surface area contributed by atoms with Gasteiger partial charge in [0.15, 0.2) is 0 Å². The number of carbonyl (C=O) groups excluding carboxylic acids is 3. The highest BCUT2D eigenvalue weighted by Gasteiger charge is 2.38. The zero-order valence-electron chi connectivity index (χ0n) is 15.9. The van der Waals surface area contributed by atoms with E-state index in [1.54, 1.807) is 41.5 Å². The highest BCUT2D eigenvalue weighted by Crippen LogP contribution is 2.27. The molecule has 2 aliphatic heterocycles. The number of hydrogen-bond donors (Lipinski definition) is 0. The molecule has 146 valence electrons. The molecular weight excluding hydrogens is 376 g/mol. The lowest BCUT2D eigenvalue weighted by atomic mass is 10.0. The van der Waals surface area contributed by atoms with E-state index in [0.29, 0.717) is 29.8 Å². The van der Waals surface area contributed by atoms with Crippen molar-refractivity contribution in [3.05, 3.63) is 56.8 Å². The average molecular weight is 398 g/mol. The summed E-state index contributed by atoms with van der Waals surface area (Å²) in [4.78, 5) is 42.2. The summed E-state index contributed by atoms with van der Waals surface area (Å²) < 4.78 is 5.56. The summed E-state index contributed by atoms with van der Waals surface area (Å²) in [5.41, 5.74) is 2.23. The first kappa shape index (κ1) is 18.8. The molecule has 4 rings (SSSR count). The third-order valence-electron chi connectivity index (χ3n) is 5.32. The molecule has 7 heteroatoms. The Morgan fingerprint density at radius 1 is 1.25 bits per heavy atom. The second kappa shape index (κ2) is 7.48. The summed E-state index contributed by atoms with van der Waals surface area (Å²) in [5.74, 6) is -0.826. The van der Waals surface area contributed by atoms with Crippen molar-refractivity contribution in [2.75, 3.05) is 20.2 Å². The number of thiophene rings is 1. The maximum absolute atomic E-state index is 12.8. The van der Waals surface area contributed by atoms with E-state index >= 15 is 0 Å². The minimum atomic E-state index is -0.345. The Balaban J connectivity index is 1.52. The van der Waals surface area contributed by atoms with Gasteiger partial charge >= 0.3 is 0 Å². The van der Waals surface area contributed by atoms with E-state index in [4.69, 9.17) is 4.74 Å². The van der Waals surface area contributed by atoms with Gasteiger partial charge in [-0.1, -0.05) is 0 Å². The first-order valence-corrected chi connectivity index (χ1v) is 10.2. The van der Waals surface area contributed by atoms with E-state index in [-0.39, 0.29) is 30.4 Å². The third kappa shape index (κ3) is 3.36. The molecule has 1 atom stereocenters. The molecule has 2 aliphatic rings. The molecule has 2 aromatic rings. The molecule has 1 fully saturated rings. The smallest absolute Gasteiger partial charge is 0.261 e. The van der Waals surface area contributed by atoms with Crippen molar-refractivity contribution in [3.8, 4) is 0 Å². The molecule has 3 amide bonds. The van der Waals surface area contributed by atoms with Crippen molar-refractivity contribution in [1.82, 2.24) is 9.80 Å². The molecule has 6 nitrogen and oxygen atoms in total. The molecule has 0 radical (unpaired) electrons. The zero-order valence-corrected chi connectivity index (χ0v) is 16.8. The van der Waals surface area contributed by atoms with Gasteiger partial charge in [-0.25, -0.2) is 0 Å². The maximum atomic E-state index is 12.8. The molecule has 1 aromatic heterocycles. The zero-order chi connectivity index (χ0) is 19.8. The van der Waals surface area contributed by atoms with Crippen LogP contribution in [0.2, 0.25) is 0 Å². The predicted octanol–water partition coefficient (Wildman–Crippen LogP) is 3.10. The van der Waals surface area contributed by atoms with E-state index in [1.807, 2.05) is 18.4 Å². The molecule has 1 saturated heterocycles. The van der Waals surface area contributed by atoms with Crippen LogP contribution in [0.25, 0.3) is 0 Å². The molecule has 0 aliphatic carbocycles. The third-order valence-corrected chi connectivity index (χ3v) is 6.33. The highest BCUT2D eigenvalue weighted by atomic mass is 32.1. The van der Waals surface area contributed by atoms with Gasteiger partial charge in [0.05, 0.1) is 30.3 Å². The van der Waals surface area contributed by atoms with E-state index < -0.39 is 0 Å². The van der Waals surface area contributed by atoms with Crippen molar-refractivity contribution >= 4 is 29.1 Å². The molecule has 1 unspecified atom stereocenters. The fourth-order valence-corrected chi connectivity index (χ4v) is 4.61. The molecule has 0 bridgehead atoms. The monoisotopic (exact) mass is 398 g/mol. The number of benzene rings is 1. The Morgan fingerprint density at radius 3 is 2.71 bits per heavy atom.